The van der Waals surface area contributed by atoms with E-state index in [1.54, 1.807) is 29.2 Å². The molecule has 0 bridgehead atoms. The van der Waals surface area contributed by atoms with E-state index in [1.807, 2.05) is 6.07 Å². The molecule has 8 heteroatoms. The molecule has 0 saturated carbocycles. The average molecular weight is 411 g/mol. The maximum absolute atomic E-state index is 12.4. The van der Waals surface area contributed by atoms with Crippen LogP contribution in [-0.4, -0.2) is 35.8 Å². The minimum absolute atomic E-state index is 0.00965. The third-order valence-corrected chi connectivity index (χ3v) is 5.76. The third kappa shape index (κ3) is 5.00. The molecule has 1 aliphatic rings. The number of hydrogen-bond acceptors (Lipinski definition) is 6. The van der Waals surface area contributed by atoms with Gasteiger partial charge in [0.2, 0.25) is 5.91 Å². The zero-order valence-electron chi connectivity index (χ0n) is 16.1. The molecule has 1 aromatic heterocycles. The van der Waals surface area contributed by atoms with Gasteiger partial charge in [-0.2, -0.15) is 5.26 Å². The number of benzene rings is 1. The molecule has 0 saturated heterocycles. The van der Waals surface area contributed by atoms with Crippen LogP contribution in [0.4, 0.5) is 5.00 Å². The highest BCUT2D eigenvalue weighted by atomic mass is 32.1. The molecule has 150 valence electrons. The largest absolute Gasteiger partial charge is 0.466 e. The zero-order valence-corrected chi connectivity index (χ0v) is 16.9. The second kappa shape index (κ2) is 9.34. The van der Waals surface area contributed by atoms with E-state index in [0.717, 1.165) is 10.4 Å². The fourth-order valence-corrected chi connectivity index (χ4v) is 4.39. The number of anilines is 1. The van der Waals surface area contributed by atoms with Crippen molar-refractivity contribution in [3.05, 3.63) is 51.9 Å². The maximum Gasteiger partial charge on any atom is 0.302 e. The van der Waals surface area contributed by atoms with Gasteiger partial charge in [-0.3, -0.25) is 14.4 Å². The standard InChI is InChI=1S/C21H21N3O4S/c1-14(25)28-11-5-8-19(26)24-10-9-16-17(12-22)21(29-18(16)13-24)23-20(27)15-6-3-2-4-7-15/h2-4,6-7H,5,8-11,13H2,1H3,(H,23,27). The summed E-state index contributed by atoms with van der Waals surface area (Å²) in [5.74, 6) is -0.628. The summed E-state index contributed by atoms with van der Waals surface area (Å²) in [6, 6.07) is 11.0. The van der Waals surface area contributed by atoms with E-state index in [1.165, 1.54) is 18.3 Å². The second-order valence-electron chi connectivity index (χ2n) is 6.65. The Morgan fingerprint density at radius 3 is 2.72 bits per heavy atom. The number of carbonyl (C=O) groups is 3. The van der Waals surface area contributed by atoms with Crippen molar-refractivity contribution in [1.82, 2.24) is 4.90 Å². The van der Waals surface area contributed by atoms with Crippen LogP contribution in [0.2, 0.25) is 0 Å². The number of fused-ring (bicyclic) bond motifs is 1. The van der Waals surface area contributed by atoms with Crippen LogP contribution < -0.4 is 5.32 Å². The van der Waals surface area contributed by atoms with Gasteiger partial charge in [-0.05, 0) is 30.5 Å². The molecule has 29 heavy (non-hydrogen) atoms. The molecule has 2 amide bonds. The summed E-state index contributed by atoms with van der Waals surface area (Å²) < 4.78 is 4.86. The molecule has 0 unspecified atom stereocenters. The summed E-state index contributed by atoms with van der Waals surface area (Å²) in [6.45, 7) is 2.51. The second-order valence-corrected chi connectivity index (χ2v) is 7.75. The number of hydrogen-bond donors (Lipinski definition) is 1. The molecular formula is C21H21N3O4S. The highest BCUT2D eigenvalue weighted by Crippen LogP contribution is 2.37. The normalized spacial score (nSPS) is 12.6. The molecule has 1 N–H and O–H groups in total. The highest BCUT2D eigenvalue weighted by molar-refractivity contribution is 7.16. The molecule has 2 aromatic rings. The van der Waals surface area contributed by atoms with Crippen molar-refractivity contribution in [3.8, 4) is 6.07 Å². The molecular weight excluding hydrogens is 390 g/mol. The van der Waals surface area contributed by atoms with Crippen molar-refractivity contribution in [2.24, 2.45) is 0 Å². The van der Waals surface area contributed by atoms with Gasteiger partial charge in [-0.25, -0.2) is 0 Å². The van der Waals surface area contributed by atoms with E-state index in [0.29, 0.717) is 48.5 Å². The summed E-state index contributed by atoms with van der Waals surface area (Å²) in [5, 5.41) is 13.0. The SMILES string of the molecule is CC(=O)OCCCC(=O)N1CCc2c(sc(NC(=O)c3ccccc3)c2C#N)C1. The van der Waals surface area contributed by atoms with Crippen molar-refractivity contribution in [2.45, 2.75) is 32.7 Å². The first-order valence-electron chi connectivity index (χ1n) is 9.31. The molecule has 1 aromatic carbocycles. The molecule has 0 aliphatic carbocycles. The Bertz CT molecular complexity index is 962. The van der Waals surface area contributed by atoms with Crippen LogP contribution in [0.5, 0.6) is 0 Å². The molecule has 1 aliphatic heterocycles. The number of amides is 2. The summed E-state index contributed by atoms with van der Waals surface area (Å²) in [4.78, 5) is 38.3. The van der Waals surface area contributed by atoms with E-state index in [-0.39, 0.29) is 24.4 Å². The van der Waals surface area contributed by atoms with Gasteiger partial charge < -0.3 is 15.0 Å². The van der Waals surface area contributed by atoms with Crippen molar-refractivity contribution >= 4 is 34.1 Å². The smallest absolute Gasteiger partial charge is 0.302 e. The number of carbonyl (C=O) groups excluding carboxylic acids is 3. The van der Waals surface area contributed by atoms with Crippen molar-refractivity contribution in [2.75, 3.05) is 18.5 Å². The number of nitriles is 1. The average Bonchev–Trinajstić information content (AvgIpc) is 3.07. The Hall–Kier alpha value is -3.18. The minimum Gasteiger partial charge on any atom is -0.466 e. The van der Waals surface area contributed by atoms with Crippen molar-refractivity contribution in [1.29, 1.82) is 5.26 Å². The van der Waals surface area contributed by atoms with Crippen LogP contribution in [0.1, 0.15) is 46.1 Å². The van der Waals surface area contributed by atoms with Crippen molar-refractivity contribution < 1.29 is 19.1 Å². The molecule has 0 spiro atoms. The van der Waals surface area contributed by atoms with Gasteiger partial charge in [0.05, 0.1) is 18.7 Å². The quantitative estimate of drug-likeness (QED) is 0.582. The van der Waals surface area contributed by atoms with Crippen LogP contribution in [0.15, 0.2) is 30.3 Å². The molecule has 0 radical (unpaired) electrons. The van der Waals surface area contributed by atoms with Gasteiger partial charge in [0.25, 0.3) is 5.91 Å². The monoisotopic (exact) mass is 411 g/mol. The first-order chi connectivity index (χ1) is 14.0. The van der Waals surface area contributed by atoms with Gasteiger partial charge in [0, 0.05) is 30.3 Å². The van der Waals surface area contributed by atoms with E-state index in [4.69, 9.17) is 4.74 Å². The Morgan fingerprint density at radius 1 is 1.28 bits per heavy atom. The lowest BCUT2D eigenvalue weighted by molar-refractivity contribution is -0.142. The Balaban J connectivity index is 1.67. The number of ether oxygens (including phenoxy) is 1. The van der Waals surface area contributed by atoms with Gasteiger partial charge in [-0.15, -0.1) is 11.3 Å². The topological polar surface area (TPSA) is 99.5 Å². The van der Waals surface area contributed by atoms with Crippen LogP contribution in [0, 0.1) is 11.3 Å². The van der Waals surface area contributed by atoms with Crippen LogP contribution in [-0.2, 0) is 27.3 Å². The summed E-state index contributed by atoms with van der Waals surface area (Å²) in [7, 11) is 0. The summed E-state index contributed by atoms with van der Waals surface area (Å²) >= 11 is 1.35. The lowest BCUT2D eigenvalue weighted by atomic mass is 10.0. The van der Waals surface area contributed by atoms with E-state index >= 15 is 0 Å². The number of rotatable bonds is 6. The predicted octanol–water partition coefficient (Wildman–Crippen LogP) is 3.10. The maximum atomic E-state index is 12.4. The molecule has 0 atom stereocenters. The number of thiophene rings is 1. The lowest BCUT2D eigenvalue weighted by Gasteiger charge is -2.27. The van der Waals surface area contributed by atoms with E-state index in [9.17, 15) is 19.6 Å². The molecule has 0 fully saturated rings. The molecule has 3 rings (SSSR count). The predicted molar refractivity (Wildman–Crippen MR) is 108 cm³/mol. The van der Waals surface area contributed by atoms with Crippen LogP contribution >= 0.6 is 11.3 Å². The first-order valence-corrected chi connectivity index (χ1v) is 10.1. The Kier molecular flexibility index (Phi) is 6.62. The molecule has 7 nitrogen and oxygen atoms in total. The summed E-state index contributed by atoms with van der Waals surface area (Å²) in [5.41, 5.74) is 1.91. The van der Waals surface area contributed by atoms with E-state index < -0.39 is 0 Å². The number of esters is 1. The van der Waals surface area contributed by atoms with Gasteiger partial charge >= 0.3 is 5.97 Å². The van der Waals surface area contributed by atoms with E-state index in [2.05, 4.69) is 11.4 Å². The summed E-state index contributed by atoms with van der Waals surface area (Å²) in [6.07, 6.45) is 1.36. The third-order valence-electron chi connectivity index (χ3n) is 4.62. The van der Waals surface area contributed by atoms with Gasteiger partial charge in [0.15, 0.2) is 0 Å². The van der Waals surface area contributed by atoms with Crippen LogP contribution in [0.3, 0.4) is 0 Å². The lowest BCUT2D eigenvalue weighted by Crippen LogP contribution is -2.35. The van der Waals surface area contributed by atoms with Crippen LogP contribution in [0.25, 0.3) is 0 Å². The van der Waals surface area contributed by atoms with Gasteiger partial charge in [-0.1, -0.05) is 18.2 Å². The van der Waals surface area contributed by atoms with Gasteiger partial charge in [0.1, 0.15) is 11.1 Å². The fourth-order valence-electron chi connectivity index (χ4n) is 3.18. The number of nitrogens with one attached hydrogen (secondary N) is 1. The minimum atomic E-state index is -0.354. The molecule has 2 heterocycles. The van der Waals surface area contributed by atoms with Crippen molar-refractivity contribution in [3.63, 3.8) is 0 Å². The zero-order chi connectivity index (χ0) is 20.8. The Labute approximate surface area is 172 Å². The fraction of sp³-hybridized carbons (Fsp3) is 0.333. The number of nitrogens with zero attached hydrogens (tertiary/aromatic N) is 2. The Morgan fingerprint density at radius 2 is 2.03 bits per heavy atom. The first kappa shape index (κ1) is 20.6. The highest BCUT2D eigenvalue weighted by Gasteiger charge is 2.27.